The highest BCUT2D eigenvalue weighted by Gasteiger charge is 2.38. The summed E-state index contributed by atoms with van der Waals surface area (Å²) in [5.41, 5.74) is 0. The molecule has 0 N–H and O–H groups in total. The van der Waals surface area contributed by atoms with Crippen LogP contribution in [0.4, 0.5) is 0 Å². The molecule has 0 radical (unpaired) electrons. The second kappa shape index (κ2) is 5.74. The normalized spacial score (nSPS) is 35.1. The number of carbonyl (C=O) groups excluding carboxylic acids is 2. The molecule has 2 saturated heterocycles. The third-order valence-electron chi connectivity index (χ3n) is 5.30. The van der Waals surface area contributed by atoms with Crippen molar-refractivity contribution in [1.82, 2.24) is 9.80 Å². The van der Waals surface area contributed by atoms with Gasteiger partial charge in [0.2, 0.25) is 11.8 Å². The van der Waals surface area contributed by atoms with Gasteiger partial charge in [0.15, 0.2) is 0 Å². The summed E-state index contributed by atoms with van der Waals surface area (Å²) < 4.78 is 0. The lowest BCUT2D eigenvalue weighted by Gasteiger charge is -2.35. The fraction of sp³-hybridized carbons (Fsp3) is 0.875. The van der Waals surface area contributed by atoms with Gasteiger partial charge in [-0.05, 0) is 43.9 Å². The highest BCUT2D eigenvalue weighted by Crippen LogP contribution is 2.32. The van der Waals surface area contributed by atoms with E-state index >= 15 is 0 Å². The predicted octanol–water partition coefficient (Wildman–Crippen LogP) is 2.04. The van der Waals surface area contributed by atoms with Crippen LogP contribution in [-0.4, -0.2) is 47.3 Å². The fourth-order valence-electron chi connectivity index (χ4n) is 4.17. The van der Waals surface area contributed by atoms with Gasteiger partial charge >= 0.3 is 0 Å². The summed E-state index contributed by atoms with van der Waals surface area (Å²) in [7, 11) is 0. The van der Waals surface area contributed by atoms with E-state index in [0.717, 1.165) is 38.3 Å². The van der Waals surface area contributed by atoms with Gasteiger partial charge in [-0.15, -0.1) is 0 Å². The summed E-state index contributed by atoms with van der Waals surface area (Å²) >= 11 is 0. The molecule has 1 saturated carbocycles. The molecule has 2 heterocycles. The minimum Gasteiger partial charge on any atom is -0.340 e. The lowest BCUT2D eigenvalue weighted by Crippen LogP contribution is -2.50. The first-order valence-corrected chi connectivity index (χ1v) is 8.23. The fourth-order valence-corrected chi connectivity index (χ4v) is 4.17. The van der Waals surface area contributed by atoms with Crippen molar-refractivity contribution >= 4 is 11.8 Å². The van der Waals surface area contributed by atoms with Crippen molar-refractivity contribution in [2.24, 2.45) is 11.8 Å². The van der Waals surface area contributed by atoms with Crippen LogP contribution in [0.15, 0.2) is 0 Å². The Hall–Kier alpha value is -1.06. The van der Waals surface area contributed by atoms with Gasteiger partial charge in [-0.2, -0.15) is 0 Å². The Bertz CT molecular complexity index is 396. The minimum absolute atomic E-state index is 0.155. The van der Waals surface area contributed by atoms with E-state index < -0.39 is 0 Å². The van der Waals surface area contributed by atoms with Gasteiger partial charge in [0, 0.05) is 26.1 Å². The van der Waals surface area contributed by atoms with Crippen LogP contribution >= 0.6 is 0 Å². The van der Waals surface area contributed by atoms with Crippen molar-refractivity contribution in [3.63, 3.8) is 0 Å². The van der Waals surface area contributed by atoms with Gasteiger partial charge in [0.25, 0.3) is 0 Å². The summed E-state index contributed by atoms with van der Waals surface area (Å²) in [6, 6.07) is -0.155. The highest BCUT2D eigenvalue weighted by atomic mass is 16.2. The first kappa shape index (κ1) is 13.9. The number of amides is 2. The molecule has 0 aromatic heterocycles. The highest BCUT2D eigenvalue weighted by molar-refractivity contribution is 5.90. The molecule has 3 fully saturated rings. The van der Waals surface area contributed by atoms with Gasteiger partial charge in [-0.1, -0.05) is 13.3 Å². The predicted molar refractivity (Wildman–Crippen MR) is 77.1 cm³/mol. The van der Waals surface area contributed by atoms with Crippen LogP contribution in [0.1, 0.15) is 51.9 Å². The summed E-state index contributed by atoms with van der Waals surface area (Å²) in [5.74, 6) is 1.86. The number of nitrogens with zero attached hydrogens (tertiary/aromatic N) is 2. The second-order valence-electron chi connectivity index (χ2n) is 6.92. The zero-order valence-corrected chi connectivity index (χ0v) is 12.5. The van der Waals surface area contributed by atoms with Gasteiger partial charge in [-0.3, -0.25) is 9.59 Å². The van der Waals surface area contributed by atoms with E-state index in [2.05, 4.69) is 6.92 Å². The minimum atomic E-state index is -0.155. The van der Waals surface area contributed by atoms with E-state index in [9.17, 15) is 9.59 Å². The van der Waals surface area contributed by atoms with Crippen LogP contribution in [0.25, 0.3) is 0 Å². The molecule has 3 rings (SSSR count). The van der Waals surface area contributed by atoms with Crippen molar-refractivity contribution in [3.8, 4) is 0 Å². The number of rotatable bonds is 2. The third kappa shape index (κ3) is 2.70. The molecule has 0 spiro atoms. The smallest absolute Gasteiger partial charge is 0.245 e. The van der Waals surface area contributed by atoms with Crippen molar-refractivity contribution in [2.75, 3.05) is 19.6 Å². The topological polar surface area (TPSA) is 40.6 Å². The number of fused-ring (bicyclic) bond motifs is 1. The van der Waals surface area contributed by atoms with Gasteiger partial charge < -0.3 is 9.80 Å². The maximum Gasteiger partial charge on any atom is 0.245 e. The molecule has 0 aromatic rings. The molecule has 3 atom stereocenters. The zero-order chi connectivity index (χ0) is 14.1. The van der Waals surface area contributed by atoms with Gasteiger partial charge in [0.1, 0.15) is 6.04 Å². The second-order valence-corrected chi connectivity index (χ2v) is 6.92. The van der Waals surface area contributed by atoms with Crippen molar-refractivity contribution < 1.29 is 9.59 Å². The lowest BCUT2D eigenvalue weighted by molar-refractivity contribution is -0.143. The Labute approximate surface area is 121 Å². The van der Waals surface area contributed by atoms with Gasteiger partial charge in [-0.25, -0.2) is 0 Å². The standard InChI is InChI=1S/C16H26N2O2/c1-12-5-6-13(10-12)11-17-9-7-15(19)18-8-3-2-4-14(18)16(17)20/h12-14H,2-11H2,1H3. The first-order chi connectivity index (χ1) is 9.65. The lowest BCUT2D eigenvalue weighted by atomic mass is 10.0. The summed E-state index contributed by atoms with van der Waals surface area (Å²) in [6.07, 6.45) is 7.29. The molecule has 3 aliphatic rings. The van der Waals surface area contributed by atoms with Crippen LogP contribution in [0.2, 0.25) is 0 Å². The summed E-state index contributed by atoms with van der Waals surface area (Å²) in [6.45, 7) is 4.59. The molecular formula is C16H26N2O2. The monoisotopic (exact) mass is 278 g/mol. The molecule has 3 unspecified atom stereocenters. The molecule has 20 heavy (non-hydrogen) atoms. The Morgan fingerprint density at radius 3 is 2.70 bits per heavy atom. The quantitative estimate of drug-likeness (QED) is 0.775. The average Bonchev–Trinajstić information content (AvgIpc) is 2.82. The maximum atomic E-state index is 12.7. The molecule has 0 bridgehead atoms. The van der Waals surface area contributed by atoms with E-state index in [1.54, 1.807) is 0 Å². The van der Waals surface area contributed by atoms with Crippen LogP contribution in [0.3, 0.4) is 0 Å². The molecule has 1 aliphatic carbocycles. The molecule has 112 valence electrons. The molecule has 2 aliphatic heterocycles. The Balaban J connectivity index is 1.68. The van der Waals surface area contributed by atoms with Crippen LogP contribution in [-0.2, 0) is 9.59 Å². The molecule has 4 heteroatoms. The van der Waals surface area contributed by atoms with Crippen molar-refractivity contribution in [1.29, 1.82) is 0 Å². The van der Waals surface area contributed by atoms with Crippen LogP contribution < -0.4 is 0 Å². The van der Waals surface area contributed by atoms with E-state index in [1.807, 2.05) is 9.80 Å². The van der Waals surface area contributed by atoms with Crippen LogP contribution in [0.5, 0.6) is 0 Å². The largest absolute Gasteiger partial charge is 0.340 e. The zero-order valence-electron chi connectivity index (χ0n) is 12.5. The van der Waals surface area contributed by atoms with Crippen LogP contribution in [0, 0.1) is 11.8 Å². The Kier molecular flexibility index (Phi) is 3.99. The van der Waals surface area contributed by atoms with Crippen molar-refractivity contribution in [2.45, 2.75) is 57.9 Å². The first-order valence-electron chi connectivity index (χ1n) is 8.23. The molecule has 2 amide bonds. The number of carbonyl (C=O) groups is 2. The number of piperidine rings is 1. The Morgan fingerprint density at radius 2 is 1.95 bits per heavy atom. The van der Waals surface area contributed by atoms with E-state index in [4.69, 9.17) is 0 Å². The number of hydrogen-bond acceptors (Lipinski definition) is 2. The van der Waals surface area contributed by atoms with E-state index in [-0.39, 0.29) is 17.9 Å². The van der Waals surface area contributed by atoms with Crippen molar-refractivity contribution in [3.05, 3.63) is 0 Å². The molecule has 0 aromatic carbocycles. The van der Waals surface area contributed by atoms with E-state index in [1.165, 1.54) is 19.3 Å². The third-order valence-corrected chi connectivity index (χ3v) is 5.30. The SMILES string of the molecule is CC1CCC(CN2CCC(=O)N3CCCCC3C2=O)C1. The number of hydrogen-bond donors (Lipinski definition) is 0. The summed E-state index contributed by atoms with van der Waals surface area (Å²) in [5, 5.41) is 0. The Morgan fingerprint density at radius 1 is 1.10 bits per heavy atom. The van der Waals surface area contributed by atoms with Gasteiger partial charge in [0.05, 0.1) is 0 Å². The summed E-state index contributed by atoms with van der Waals surface area (Å²) in [4.78, 5) is 28.7. The molecular weight excluding hydrogens is 252 g/mol. The van der Waals surface area contributed by atoms with E-state index in [0.29, 0.717) is 18.9 Å². The molecule has 4 nitrogen and oxygen atoms in total. The average molecular weight is 278 g/mol. The maximum absolute atomic E-state index is 12.7.